The molecule has 0 aliphatic heterocycles. The summed E-state index contributed by atoms with van der Waals surface area (Å²) in [7, 11) is 1.71. The molecule has 0 atom stereocenters. The van der Waals surface area contributed by atoms with E-state index >= 15 is 0 Å². The van der Waals surface area contributed by atoms with Gasteiger partial charge < -0.3 is 16.0 Å². The van der Waals surface area contributed by atoms with Crippen molar-refractivity contribution >= 4 is 34.8 Å². The molecule has 2 rings (SSSR count). The maximum Gasteiger partial charge on any atom is 0.238 e. The Labute approximate surface area is 165 Å². The summed E-state index contributed by atoms with van der Waals surface area (Å²) in [5.74, 6) is -0.556. The summed E-state index contributed by atoms with van der Waals surface area (Å²) < 4.78 is 0. The predicted octanol–water partition coefficient (Wildman–Crippen LogP) is 2.77. The summed E-state index contributed by atoms with van der Waals surface area (Å²) in [5, 5.41) is 8.34. The van der Waals surface area contributed by atoms with E-state index in [1.807, 2.05) is 32.0 Å². The summed E-state index contributed by atoms with van der Waals surface area (Å²) in [6.45, 7) is 5.49. The number of hydrogen-bond donors (Lipinski definition) is 3. The molecule has 3 N–H and O–H groups in total. The number of hydrogen-bond acceptors (Lipinski definition) is 4. The van der Waals surface area contributed by atoms with Crippen LogP contribution in [0.15, 0.2) is 42.5 Å². The molecule has 3 amide bonds. The standard InChI is InChI=1S/C21H26N4O3/c1-14-6-5-7-15(2)21(14)24-20(28)13-25(4)12-19(27)23-18-10-8-17(9-11-18)22-16(3)26/h5-11H,12-13H2,1-4H3,(H,22,26)(H,23,27)(H,24,28). The minimum atomic E-state index is -0.227. The number of aryl methyl sites for hydroxylation is 2. The van der Waals surface area contributed by atoms with Crippen LogP contribution in [0.25, 0.3) is 0 Å². The molecule has 0 heterocycles. The van der Waals surface area contributed by atoms with Gasteiger partial charge in [0, 0.05) is 24.0 Å². The van der Waals surface area contributed by atoms with Crippen molar-refractivity contribution < 1.29 is 14.4 Å². The highest BCUT2D eigenvalue weighted by Crippen LogP contribution is 2.19. The van der Waals surface area contributed by atoms with E-state index in [9.17, 15) is 14.4 Å². The second-order valence-corrected chi connectivity index (χ2v) is 6.79. The third-order valence-electron chi connectivity index (χ3n) is 4.06. The Morgan fingerprint density at radius 2 is 1.25 bits per heavy atom. The number of benzene rings is 2. The van der Waals surface area contributed by atoms with Crippen LogP contribution in [-0.2, 0) is 14.4 Å². The van der Waals surface area contributed by atoms with Crippen molar-refractivity contribution in [2.45, 2.75) is 20.8 Å². The summed E-state index contributed by atoms with van der Waals surface area (Å²) in [4.78, 5) is 37.1. The van der Waals surface area contributed by atoms with Crippen molar-refractivity contribution in [3.05, 3.63) is 53.6 Å². The zero-order valence-electron chi connectivity index (χ0n) is 16.6. The molecule has 2 aromatic rings. The molecule has 2 aromatic carbocycles. The Balaban J connectivity index is 1.83. The molecule has 28 heavy (non-hydrogen) atoms. The van der Waals surface area contributed by atoms with Gasteiger partial charge in [-0.1, -0.05) is 18.2 Å². The van der Waals surface area contributed by atoms with Crippen molar-refractivity contribution in [1.82, 2.24) is 4.90 Å². The van der Waals surface area contributed by atoms with E-state index in [0.29, 0.717) is 11.4 Å². The van der Waals surface area contributed by atoms with Gasteiger partial charge in [-0.05, 0) is 56.3 Å². The maximum absolute atomic E-state index is 12.3. The molecular formula is C21H26N4O3. The Hall–Kier alpha value is -3.19. The normalized spacial score (nSPS) is 10.5. The van der Waals surface area contributed by atoms with Crippen LogP contribution in [0.4, 0.5) is 17.1 Å². The molecule has 0 fully saturated rings. The van der Waals surface area contributed by atoms with Gasteiger partial charge in [-0.15, -0.1) is 0 Å². The van der Waals surface area contributed by atoms with E-state index in [0.717, 1.165) is 16.8 Å². The molecule has 0 spiro atoms. The van der Waals surface area contributed by atoms with Crippen LogP contribution in [0.2, 0.25) is 0 Å². The molecule has 0 radical (unpaired) electrons. The predicted molar refractivity (Wildman–Crippen MR) is 111 cm³/mol. The second kappa shape index (κ2) is 9.66. The highest BCUT2D eigenvalue weighted by atomic mass is 16.2. The second-order valence-electron chi connectivity index (χ2n) is 6.79. The van der Waals surface area contributed by atoms with E-state index in [1.54, 1.807) is 36.2 Å². The van der Waals surface area contributed by atoms with E-state index in [-0.39, 0.29) is 30.8 Å². The highest BCUT2D eigenvalue weighted by molar-refractivity contribution is 5.95. The largest absolute Gasteiger partial charge is 0.326 e. The minimum Gasteiger partial charge on any atom is -0.326 e. The van der Waals surface area contributed by atoms with Crippen molar-refractivity contribution in [3.8, 4) is 0 Å². The van der Waals surface area contributed by atoms with Gasteiger partial charge in [0.15, 0.2) is 0 Å². The molecule has 148 valence electrons. The summed E-state index contributed by atoms with van der Waals surface area (Å²) in [6.07, 6.45) is 0. The third kappa shape index (κ3) is 6.51. The Bertz CT molecular complexity index is 842. The van der Waals surface area contributed by atoms with Gasteiger partial charge in [0.2, 0.25) is 17.7 Å². The molecule has 7 heteroatoms. The SMILES string of the molecule is CC(=O)Nc1ccc(NC(=O)CN(C)CC(=O)Nc2c(C)cccc2C)cc1. The molecule has 0 unspecified atom stereocenters. The minimum absolute atomic E-state index is 0.0770. The first-order valence-electron chi connectivity index (χ1n) is 8.96. The fourth-order valence-corrected chi connectivity index (χ4v) is 2.78. The number of rotatable bonds is 7. The monoisotopic (exact) mass is 382 g/mol. The van der Waals surface area contributed by atoms with Crippen LogP contribution in [0.1, 0.15) is 18.1 Å². The molecule has 0 bridgehead atoms. The lowest BCUT2D eigenvalue weighted by Gasteiger charge is -2.17. The molecule has 0 saturated carbocycles. The molecular weight excluding hydrogens is 356 g/mol. The highest BCUT2D eigenvalue weighted by Gasteiger charge is 2.13. The molecule has 0 aromatic heterocycles. The van der Waals surface area contributed by atoms with Crippen LogP contribution in [0, 0.1) is 13.8 Å². The lowest BCUT2D eigenvalue weighted by molar-refractivity contribution is -0.119. The Kier molecular flexibility index (Phi) is 7.28. The number of likely N-dealkylation sites (N-methyl/N-ethyl adjacent to an activating group) is 1. The molecule has 7 nitrogen and oxygen atoms in total. The van der Waals surface area contributed by atoms with Crippen LogP contribution < -0.4 is 16.0 Å². The van der Waals surface area contributed by atoms with Crippen molar-refractivity contribution in [2.75, 3.05) is 36.1 Å². The smallest absolute Gasteiger partial charge is 0.238 e. The lowest BCUT2D eigenvalue weighted by atomic mass is 10.1. The quantitative estimate of drug-likeness (QED) is 0.687. The summed E-state index contributed by atoms with van der Waals surface area (Å²) >= 11 is 0. The number of carbonyl (C=O) groups excluding carboxylic acids is 3. The first-order valence-corrected chi connectivity index (χ1v) is 8.96. The lowest BCUT2D eigenvalue weighted by Crippen LogP contribution is -2.36. The van der Waals surface area contributed by atoms with E-state index in [2.05, 4.69) is 16.0 Å². The zero-order valence-corrected chi connectivity index (χ0v) is 16.6. The van der Waals surface area contributed by atoms with Gasteiger partial charge in [-0.3, -0.25) is 19.3 Å². The number of anilines is 3. The van der Waals surface area contributed by atoms with Crippen molar-refractivity contribution in [3.63, 3.8) is 0 Å². The van der Waals surface area contributed by atoms with Gasteiger partial charge in [0.25, 0.3) is 0 Å². The Morgan fingerprint density at radius 3 is 1.75 bits per heavy atom. The van der Waals surface area contributed by atoms with Crippen molar-refractivity contribution in [2.24, 2.45) is 0 Å². The molecule has 0 aliphatic rings. The fourth-order valence-electron chi connectivity index (χ4n) is 2.78. The first-order chi connectivity index (χ1) is 13.2. The van der Waals surface area contributed by atoms with Crippen LogP contribution in [0.5, 0.6) is 0 Å². The number of nitrogens with one attached hydrogen (secondary N) is 3. The summed E-state index contributed by atoms with van der Waals surface area (Å²) in [5.41, 5.74) is 4.08. The number of amides is 3. The van der Waals surface area contributed by atoms with Crippen LogP contribution in [0.3, 0.4) is 0 Å². The van der Waals surface area contributed by atoms with Crippen LogP contribution in [-0.4, -0.2) is 42.8 Å². The fraction of sp³-hybridized carbons (Fsp3) is 0.286. The van der Waals surface area contributed by atoms with Gasteiger partial charge in [0.05, 0.1) is 13.1 Å². The van der Waals surface area contributed by atoms with Crippen LogP contribution >= 0.6 is 0 Å². The average Bonchev–Trinajstić information content (AvgIpc) is 2.59. The molecule has 0 saturated heterocycles. The summed E-state index contributed by atoms with van der Waals surface area (Å²) in [6, 6.07) is 12.7. The molecule has 0 aliphatic carbocycles. The van der Waals surface area contributed by atoms with Gasteiger partial charge >= 0.3 is 0 Å². The maximum atomic E-state index is 12.3. The van der Waals surface area contributed by atoms with E-state index in [1.165, 1.54) is 6.92 Å². The van der Waals surface area contributed by atoms with Gasteiger partial charge in [0.1, 0.15) is 0 Å². The average molecular weight is 382 g/mol. The van der Waals surface area contributed by atoms with E-state index < -0.39 is 0 Å². The topological polar surface area (TPSA) is 90.5 Å². The third-order valence-corrected chi connectivity index (χ3v) is 4.06. The Morgan fingerprint density at radius 1 is 0.786 bits per heavy atom. The first kappa shape index (κ1) is 21.1. The number of para-hydroxylation sites is 1. The zero-order chi connectivity index (χ0) is 20.7. The number of nitrogens with zero attached hydrogens (tertiary/aromatic N) is 1. The van der Waals surface area contributed by atoms with Crippen molar-refractivity contribution in [1.29, 1.82) is 0 Å². The van der Waals surface area contributed by atoms with Gasteiger partial charge in [-0.25, -0.2) is 0 Å². The number of carbonyl (C=O) groups is 3. The van der Waals surface area contributed by atoms with E-state index in [4.69, 9.17) is 0 Å². The van der Waals surface area contributed by atoms with Gasteiger partial charge in [-0.2, -0.15) is 0 Å².